The zero-order valence-corrected chi connectivity index (χ0v) is 6.71. The molecule has 0 aliphatic rings. The lowest BCUT2D eigenvalue weighted by Crippen LogP contribution is -3.15. The van der Waals surface area contributed by atoms with Crippen LogP contribution in [0.25, 0.3) is 0 Å². The van der Waals surface area contributed by atoms with E-state index in [4.69, 9.17) is 0 Å². The molecular weight excluding hydrogens is 98.1 g/mol. The van der Waals surface area contributed by atoms with Crippen LogP contribution in [0.2, 0.25) is 0 Å². The average molecular weight is 116 g/mol. The Kier molecular flexibility index (Phi) is 2.48. The van der Waals surface area contributed by atoms with Crippen molar-refractivity contribution in [1.29, 1.82) is 0 Å². The van der Waals surface area contributed by atoms with Gasteiger partial charge >= 0.3 is 0 Å². The van der Waals surface area contributed by atoms with E-state index in [2.05, 4.69) is 34.7 Å². The molecule has 0 amide bonds. The lowest BCUT2D eigenvalue weighted by Gasteiger charge is -2.26. The van der Waals surface area contributed by atoms with Gasteiger partial charge < -0.3 is 4.90 Å². The molecule has 0 saturated heterocycles. The van der Waals surface area contributed by atoms with Gasteiger partial charge in [-0.2, -0.15) is 0 Å². The van der Waals surface area contributed by atoms with Crippen LogP contribution in [-0.4, -0.2) is 19.1 Å². The third-order valence-corrected chi connectivity index (χ3v) is 1.81. The van der Waals surface area contributed by atoms with Crippen molar-refractivity contribution < 1.29 is 4.90 Å². The summed E-state index contributed by atoms with van der Waals surface area (Å²) in [6.07, 6.45) is 0. The molecule has 1 unspecified atom stereocenters. The fourth-order valence-corrected chi connectivity index (χ4v) is 0.530. The number of nitrogens with one attached hydrogen (secondary N) is 1. The Bertz CT molecular complexity index is 61.3. The third-order valence-electron chi connectivity index (χ3n) is 1.81. The van der Waals surface area contributed by atoms with Crippen LogP contribution in [0.1, 0.15) is 27.7 Å². The van der Waals surface area contributed by atoms with Crippen molar-refractivity contribution in [2.75, 3.05) is 13.6 Å². The van der Waals surface area contributed by atoms with E-state index in [1.807, 2.05) is 0 Å². The summed E-state index contributed by atoms with van der Waals surface area (Å²) in [4.78, 5) is 1.58. The minimum Gasteiger partial charge on any atom is -0.333 e. The summed E-state index contributed by atoms with van der Waals surface area (Å²) < 4.78 is 0. The van der Waals surface area contributed by atoms with Crippen LogP contribution in [0.15, 0.2) is 0 Å². The molecule has 0 fully saturated rings. The van der Waals surface area contributed by atoms with Gasteiger partial charge in [0.2, 0.25) is 0 Å². The van der Waals surface area contributed by atoms with E-state index in [0.717, 1.165) is 0 Å². The van der Waals surface area contributed by atoms with Gasteiger partial charge in [0.25, 0.3) is 0 Å². The molecule has 0 spiro atoms. The summed E-state index contributed by atoms with van der Waals surface area (Å²) in [5, 5.41) is 0. The van der Waals surface area contributed by atoms with Gasteiger partial charge in [0.15, 0.2) is 0 Å². The zero-order chi connectivity index (χ0) is 6.78. The molecule has 0 aliphatic carbocycles. The van der Waals surface area contributed by atoms with E-state index in [1.54, 1.807) is 4.90 Å². The molecule has 0 aromatic heterocycles. The number of hydrogen-bond acceptors (Lipinski definition) is 0. The van der Waals surface area contributed by atoms with Crippen molar-refractivity contribution in [3.05, 3.63) is 0 Å². The molecule has 1 nitrogen and oxygen atoms in total. The van der Waals surface area contributed by atoms with Gasteiger partial charge in [0.05, 0.1) is 19.1 Å². The maximum Gasteiger partial charge on any atom is 0.0889 e. The smallest absolute Gasteiger partial charge is 0.0889 e. The SMILES string of the molecule is CC[NH+](C)C(C)(C)C. The van der Waals surface area contributed by atoms with E-state index >= 15 is 0 Å². The Labute approximate surface area is 52.7 Å². The molecule has 1 N–H and O–H groups in total. The number of quaternary nitrogens is 1. The van der Waals surface area contributed by atoms with Crippen LogP contribution in [-0.2, 0) is 0 Å². The average Bonchev–Trinajstić information content (AvgIpc) is 1.62. The van der Waals surface area contributed by atoms with Crippen LogP contribution in [0.5, 0.6) is 0 Å². The van der Waals surface area contributed by atoms with E-state index in [0.29, 0.717) is 5.54 Å². The van der Waals surface area contributed by atoms with Gasteiger partial charge in [-0.1, -0.05) is 0 Å². The molecule has 0 bridgehead atoms. The topological polar surface area (TPSA) is 4.44 Å². The lowest BCUT2D eigenvalue weighted by atomic mass is 10.1. The molecule has 1 heteroatoms. The van der Waals surface area contributed by atoms with E-state index in [-0.39, 0.29) is 0 Å². The predicted octanol–water partition coefficient (Wildman–Crippen LogP) is 0.319. The molecule has 0 radical (unpaired) electrons. The Morgan fingerprint density at radius 2 is 1.62 bits per heavy atom. The Balaban J connectivity index is 3.62. The van der Waals surface area contributed by atoms with Crippen molar-refractivity contribution in [3.63, 3.8) is 0 Å². The van der Waals surface area contributed by atoms with Gasteiger partial charge in [0, 0.05) is 0 Å². The van der Waals surface area contributed by atoms with E-state index < -0.39 is 0 Å². The zero-order valence-electron chi connectivity index (χ0n) is 6.71. The van der Waals surface area contributed by atoms with Crippen molar-refractivity contribution >= 4 is 0 Å². The summed E-state index contributed by atoms with van der Waals surface area (Å²) >= 11 is 0. The molecule has 8 heavy (non-hydrogen) atoms. The summed E-state index contributed by atoms with van der Waals surface area (Å²) in [7, 11) is 2.22. The first-order valence-electron chi connectivity index (χ1n) is 3.31. The highest BCUT2D eigenvalue weighted by Gasteiger charge is 2.17. The van der Waals surface area contributed by atoms with Crippen LogP contribution >= 0.6 is 0 Å². The molecular formula is C7H18N+. The minimum atomic E-state index is 0.425. The van der Waals surface area contributed by atoms with Crippen molar-refractivity contribution in [3.8, 4) is 0 Å². The second kappa shape index (κ2) is 2.49. The molecule has 1 atom stereocenters. The maximum absolute atomic E-state index is 2.26. The summed E-state index contributed by atoms with van der Waals surface area (Å²) in [6.45, 7) is 10.2. The quantitative estimate of drug-likeness (QED) is 0.503. The second-order valence-electron chi connectivity index (χ2n) is 3.38. The van der Waals surface area contributed by atoms with Crippen molar-refractivity contribution in [1.82, 2.24) is 0 Å². The monoisotopic (exact) mass is 116 g/mol. The molecule has 0 aromatic rings. The molecule has 0 rings (SSSR count). The second-order valence-corrected chi connectivity index (χ2v) is 3.38. The summed E-state index contributed by atoms with van der Waals surface area (Å²) in [5.41, 5.74) is 0.425. The minimum absolute atomic E-state index is 0.425. The van der Waals surface area contributed by atoms with Crippen molar-refractivity contribution in [2.45, 2.75) is 33.2 Å². The molecule has 0 heterocycles. The lowest BCUT2D eigenvalue weighted by molar-refractivity contribution is -0.926. The predicted molar refractivity (Wildman–Crippen MR) is 37.2 cm³/mol. The summed E-state index contributed by atoms with van der Waals surface area (Å²) in [6, 6.07) is 0. The first-order valence-corrected chi connectivity index (χ1v) is 3.31. The van der Waals surface area contributed by atoms with E-state index in [1.165, 1.54) is 6.54 Å². The van der Waals surface area contributed by atoms with E-state index in [9.17, 15) is 0 Å². The largest absolute Gasteiger partial charge is 0.333 e. The molecule has 0 aliphatic heterocycles. The Morgan fingerprint density at radius 1 is 1.25 bits per heavy atom. The Morgan fingerprint density at radius 3 is 1.62 bits per heavy atom. The van der Waals surface area contributed by atoms with Crippen molar-refractivity contribution in [2.24, 2.45) is 0 Å². The highest BCUT2D eigenvalue weighted by molar-refractivity contribution is 4.53. The van der Waals surface area contributed by atoms with Crippen LogP contribution in [0.3, 0.4) is 0 Å². The van der Waals surface area contributed by atoms with Gasteiger partial charge in [0.1, 0.15) is 0 Å². The molecule has 50 valence electrons. The highest BCUT2D eigenvalue weighted by Crippen LogP contribution is 1.89. The standard InChI is InChI=1S/C7H17N/c1-6-8(5)7(2,3)4/h6H2,1-5H3/p+1. The highest BCUT2D eigenvalue weighted by atomic mass is 15.1. The molecule has 0 saturated carbocycles. The summed E-state index contributed by atoms with van der Waals surface area (Å²) in [5.74, 6) is 0. The third kappa shape index (κ3) is 2.31. The normalized spacial score (nSPS) is 16.1. The van der Waals surface area contributed by atoms with Gasteiger partial charge in [-0.05, 0) is 27.7 Å². The van der Waals surface area contributed by atoms with Gasteiger partial charge in [-0.25, -0.2) is 0 Å². The molecule has 0 aromatic carbocycles. The first-order chi connectivity index (χ1) is 3.48. The maximum atomic E-state index is 2.26. The first kappa shape index (κ1) is 7.96. The fourth-order valence-electron chi connectivity index (χ4n) is 0.530. The number of hydrogen-bond donors (Lipinski definition) is 1. The fraction of sp³-hybridized carbons (Fsp3) is 1.00. The van der Waals surface area contributed by atoms with Crippen LogP contribution in [0.4, 0.5) is 0 Å². The van der Waals surface area contributed by atoms with Gasteiger partial charge in [-0.15, -0.1) is 0 Å². The Hall–Kier alpha value is -0.0400. The van der Waals surface area contributed by atoms with Crippen LogP contribution in [0, 0.1) is 0 Å². The number of rotatable bonds is 1. The van der Waals surface area contributed by atoms with Gasteiger partial charge in [-0.3, -0.25) is 0 Å². The van der Waals surface area contributed by atoms with Crippen LogP contribution < -0.4 is 4.90 Å².